The predicted octanol–water partition coefficient (Wildman–Crippen LogP) is 3.23. The summed E-state index contributed by atoms with van der Waals surface area (Å²) in [5.74, 6) is -1.58. The summed E-state index contributed by atoms with van der Waals surface area (Å²) in [7, 11) is 0. The van der Waals surface area contributed by atoms with Crippen molar-refractivity contribution in [3.8, 4) is 0 Å². The largest absolute Gasteiger partial charge is 0.455 e. The van der Waals surface area contributed by atoms with E-state index in [9.17, 15) is 19.5 Å². The van der Waals surface area contributed by atoms with Gasteiger partial charge < -0.3 is 38.3 Å². The Balaban J connectivity index is 0.000000264. The maximum absolute atomic E-state index is 11.3. The second-order valence-corrected chi connectivity index (χ2v) is 10.8. The summed E-state index contributed by atoms with van der Waals surface area (Å²) in [6, 6.07) is 0. The van der Waals surface area contributed by atoms with Gasteiger partial charge in [0.05, 0.1) is 0 Å². The molecule has 38 heavy (non-hydrogen) atoms. The Labute approximate surface area is 225 Å². The Morgan fingerprint density at radius 2 is 1.32 bits per heavy atom. The van der Waals surface area contributed by atoms with Crippen LogP contribution < -0.4 is 0 Å². The third kappa shape index (κ3) is 5.86. The maximum Gasteiger partial charge on any atom is 0.305 e. The van der Waals surface area contributed by atoms with E-state index >= 15 is 0 Å². The Morgan fingerprint density at radius 1 is 0.789 bits per heavy atom. The molecule has 11 nitrogen and oxygen atoms in total. The van der Waals surface area contributed by atoms with E-state index in [0.29, 0.717) is 12.3 Å². The van der Waals surface area contributed by atoms with Crippen LogP contribution in [0, 0.1) is 11.8 Å². The van der Waals surface area contributed by atoms with E-state index in [4.69, 9.17) is 33.2 Å². The number of aliphatic hydroxyl groups excluding tert-OH is 1. The van der Waals surface area contributed by atoms with Gasteiger partial charge in [0.25, 0.3) is 0 Å². The topological polar surface area (TPSA) is 136 Å². The average Bonchev–Trinajstić information content (AvgIpc) is 3.58. The van der Waals surface area contributed by atoms with Crippen LogP contribution in [-0.2, 0) is 47.5 Å². The minimum absolute atomic E-state index is 0. The van der Waals surface area contributed by atoms with Gasteiger partial charge in [0.2, 0.25) is 12.4 Å². The van der Waals surface area contributed by atoms with Crippen LogP contribution in [0.1, 0.15) is 89.0 Å². The molecule has 0 radical (unpaired) electrons. The molecule has 5 rings (SSSR count). The molecule has 2 saturated carbocycles. The third-order valence-corrected chi connectivity index (χ3v) is 7.67. The van der Waals surface area contributed by atoms with Gasteiger partial charge in [0.15, 0.2) is 18.2 Å². The van der Waals surface area contributed by atoms with Crippen molar-refractivity contribution in [1.82, 2.24) is 0 Å². The monoisotopic (exact) mass is 546 g/mol. The Bertz CT molecular complexity index is 890. The summed E-state index contributed by atoms with van der Waals surface area (Å²) < 4.78 is 38.5. The molecule has 11 heteroatoms. The van der Waals surface area contributed by atoms with Crippen LogP contribution in [0.4, 0.5) is 0 Å². The highest BCUT2D eigenvalue weighted by Crippen LogP contribution is 2.60. The molecule has 0 amide bonds. The van der Waals surface area contributed by atoms with Crippen molar-refractivity contribution in [3.05, 3.63) is 0 Å². The molecule has 2 unspecified atom stereocenters. The summed E-state index contributed by atoms with van der Waals surface area (Å²) in [6.07, 6.45) is -0.483. The lowest BCUT2D eigenvalue weighted by molar-refractivity contribution is -0.222. The molecule has 10 atom stereocenters. The third-order valence-electron chi connectivity index (χ3n) is 7.67. The van der Waals surface area contributed by atoms with Gasteiger partial charge in [-0.3, -0.25) is 14.4 Å². The van der Waals surface area contributed by atoms with E-state index in [2.05, 4.69) is 6.92 Å². The highest BCUT2D eigenvalue weighted by Gasteiger charge is 2.72. The number of carbonyl (C=O) groups excluding carboxylic acids is 3. The molecular weight excluding hydrogens is 500 g/mol. The minimum Gasteiger partial charge on any atom is -0.455 e. The van der Waals surface area contributed by atoms with Crippen molar-refractivity contribution >= 4 is 17.9 Å². The molecular formula is C27H46O11. The van der Waals surface area contributed by atoms with Crippen LogP contribution in [0.3, 0.4) is 0 Å². The summed E-state index contributed by atoms with van der Waals surface area (Å²) >= 11 is 0. The number of hydrogen-bond acceptors (Lipinski definition) is 11. The van der Waals surface area contributed by atoms with Gasteiger partial charge in [-0.15, -0.1) is 0 Å². The van der Waals surface area contributed by atoms with Crippen LogP contribution in [0.25, 0.3) is 0 Å². The van der Waals surface area contributed by atoms with Crippen LogP contribution in [0.2, 0.25) is 0 Å². The molecule has 220 valence electrons. The number of esters is 3. The Kier molecular flexibility index (Phi) is 9.70. The van der Waals surface area contributed by atoms with Crippen LogP contribution in [0.5, 0.6) is 0 Å². The van der Waals surface area contributed by atoms with E-state index in [-0.39, 0.29) is 38.8 Å². The van der Waals surface area contributed by atoms with E-state index in [1.54, 1.807) is 0 Å². The predicted molar refractivity (Wildman–Crippen MR) is 134 cm³/mol. The fourth-order valence-electron chi connectivity index (χ4n) is 5.94. The van der Waals surface area contributed by atoms with Crippen molar-refractivity contribution in [1.29, 1.82) is 0 Å². The fraction of sp³-hybridized carbons (Fsp3) is 0.889. The number of rotatable bonds is 5. The molecule has 3 heterocycles. The maximum atomic E-state index is 11.3. The second kappa shape index (κ2) is 11.4. The Hall–Kier alpha value is -1.79. The van der Waals surface area contributed by atoms with Crippen molar-refractivity contribution in [2.75, 3.05) is 0 Å². The number of aliphatic hydroxyl groups is 1. The molecule has 3 saturated heterocycles. The van der Waals surface area contributed by atoms with E-state index in [1.807, 2.05) is 20.8 Å². The molecule has 0 aromatic rings. The zero-order valence-electron chi connectivity index (χ0n) is 22.0. The van der Waals surface area contributed by atoms with Crippen molar-refractivity contribution in [2.24, 2.45) is 11.8 Å². The van der Waals surface area contributed by atoms with Crippen LogP contribution in [-0.4, -0.2) is 77.0 Å². The van der Waals surface area contributed by atoms with Crippen molar-refractivity contribution < 1.29 is 52.6 Å². The molecule has 1 N–H and O–H groups in total. The molecule has 0 aromatic carbocycles. The molecule has 5 fully saturated rings. The number of carbonyl (C=O) groups is 3. The summed E-state index contributed by atoms with van der Waals surface area (Å²) in [5, 5.41) is 10.2. The summed E-state index contributed by atoms with van der Waals surface area (Å²) in [6.45, 7) is 11.6. The lowest BCUT2D eigenvalue weighted by Crippen LogP contribution is -2.42. The standard InChI is InChI=1S/C14H20O7.C11H18O4.2CH4/c1-5-10-6-14(10)12(19-8(3)16)11(18-7(2)15)13(21-14)20-9(4)17;1-4-6-5-11(6)8(12)7-9(15-11)14-10(2,3)13-7;;/h10-13H,5-6H2,1-4H3;6-9,12H,4-5H2,1-3H3;2*1H4/t10-,11-,12?,13+,14-;6-,7-,8?,9-,11-;;/m00../s1. The van der Waals surface area contributed by atoms with Gasteiger partial charge in [-0.05, 0) is 38.5 Å². The van der Waals surface area contributed by atoms with Gasteiger partial charge in [0, 0.05) is 20.8 Å². The van der Waals surface area contributed by atoms with Crippen molar-refractivity contribution in [3.63, 3.8) is 0 Å². The van der Waals surface area contributed by atoms with Gasteiger partial charge in [0.1, 0.15) is 23.4 Å². The normalized spacial score (nSPS) is 42.6. The zero-order valence-corrected chi connectivity index (χ0v) is 22.0. The SMILES string of the molecule is C.C.CC[C@H]1C[C@]12O[C@@H](OC(C)=O)[C@@H](OC(C)=O)C2OC(C)=O.CC[C@H]1C[C@]12O[C@@H]1OC(C)(C)O[C@H]1C2O. The van der Waals surface area contributed by atoms with Crippen molar-refractivity contribution in [2.45, 2.75) is 143 Å². The van der Waals surface area contributed by atoms with Crippen LogP contribution >= 0.6 is 0 Å². The Morgan fingerprint density at radius 3 is 1.76 bits per heavy atom. The lowest BCUT2D eigenvalue weighted by Gasteiger charge is -2.23. The first-order chi connectivity index (χ1) is 16.8. The second-order valence-electron chi connectivity index (χ2n) is 10.8. The highest BCUT2D eigenvalue weighted by atomic mass is 16.8. The minimum atomic E-state index is -1.05. The first-order valence-corrected chi connectivity index (χ1v) is 12.7. The zero-order chi connectivity index (χ0) is 26.6. The first-order valence-electron chi connectivity index (χ1n) is 12.7. The van der Waals surface area contributed by atoms with Gasteiger partial charge >= 0.3 is 17.9 Å². The van der Waals surface area contributed by atoms with E-state index < -0.39 is 53.9 Å². The summed E-state index contributed by atoms with van der Waals surface area (Å²) in [5.41, 5.74) is -1.08. The summed E-state index contributed by atoms with van der Waals surface area (Å²) in [4.78, 5) is 33.8. The van der Waals surface area contributed by atoms with Crippen LogP contribution in [0.15, 0.2) is 0 Å². The van der Waals surface area contributed by atoms with Gasteiger partial charge in [-0.2, -0.15) is 0 Å². The molecule has 2 aliphatic carbocycles. The molecule has 0 bridgehead atoms. The van der Waals surface area contributed by atoms with Gasteiger partial charge in [-0.25, -0.2) is 0 Å². The van der Waals surface area contributed by atoms with E-state index in [0.717, 1.165) is 19.3 Å². The number of hydrogen-bond donors (Lipinski definition) is 1. The quantitative estimate of drug-likeness (QED) is 0.402. The number of ether oxygens (including phenoxy) is 7. The number of fused-ring (bicyclic) bond motifs is 1. The van der Waals surface area contributed by atoms with Gasteiger partial charge in [-0.1, -0.05) is 41.5 Å². The van der Waals surface area contributed by atoms with E-state index in [1.165, 1.54) is 20.8 Å². The highest BCUT2D eigenvalue weighted by molar-refractivity contribution is 5.68. The molecule has 2 spiro atoms. The molecule has 5 aliphatic rings. The smallest absolute Gasteiger partial charge is 0.305 e. The molecule has 3 aliphatic heterocycles. The molecule has 0 aromatic heterocycles. The lowest BCUT2D eigenvalue weighted by atomic mass is 10.1. The first kappa shape index (κ1) is 32.4. The average molecular weight is 547 g/mol. The fourth-order valence-corrected chi connectivity index (χ4v) is 5.94.